The van der Waals surface area contributed by atoms with E-state index in [0.717, 1.165) is 19.3 Å². The Bertz CT molecular complexity index is 1110. The van der Waals surface area contributed by atoms with Gasteiger partial charge >= 0.3 is 11.9 Å². The molecule has 0 radical (unpaired) electrons. The smallest absolute Gasteiger partial charge is 0.335 e. The van der Waals surface area contributed by atoms with E-state index >= 15 is 0 Å². The Morgan fingerprint density at radius 1 is 1.13 bits per heavy atom. The minimum absolute atomic E-state index is 0.0348. The maximum Gasteiger partial charge on any atom is 0.335 e. The maximum atomic E-state index is 12.0. The van der Waals surface area contributed by atoms with Crippen LogP contribution in [0.5, 0.6) is 11.5 Å². The highest BCUT2D eigenvalue weighted by molar-refractivity contribution is 5.91. The number of aliphatic hydroxyl groups excluding tert-OH is 2. The number of anilines is 2. The third kappa shape index (κ3) is 8.03. The lowest BCUT2D eigenvalue weighted by atomic mass is 10.2. The largest absolute Gasteiger partial charge is 0.493 e. The standard InChI is InChI=1S/C19H27N5O4.C4H6O6/c1-24(8-5-7-21-18(25)14-6-4-9-28-14)19-22-13-11-16(27-3)15(26-2)10-12(13)17(20)23-19;5-1(3(7)8)2(6)4(9)10/h10-11,14H,4-9H2,1-3H3,(H,21,25)(H2,20,22,23);1-2,5-6H,(H,7,8)(H,9,10). The van der Waals surface area contributed by atoms with Gasteiger partial charge in [-0.3, -0.25) is 4.79 Å². The molecule has 3 atom stereocenters. The van der Waals surface area contributed by atoms with Crippen molar-refractivity contribution >= 4 is 40.5 Å². The second-order valence-electron chi connectivity index (χ2n) is 8.27. The number of hydrogen-bond donors (Lipinski definition) is 6. The van der Waals surface area contributed by atoms with Gasteiger partial charge in [0, 0.05) is 38.2 Å². The van der Waals surface area contributed by atoms with E-state index in [0.29, 0.717) is 53.9 Å². The number of aliphatic carboxylic acids is 2. The van der Waals surface area contributed by atoms with Crippen LogP contribution in [0, 0.1) is 0 Å². The normalized spacial score (nSPS) is 16.1. The summed E-state index contributed by atoms with van der Waals surface area (Å²) in [6.45, 7) is 1.90. The summed E-state index contributed by atoms with van der Waals surface area (Å²) in [4.78, 5) is 42.4. The predicted octanol–water partition coefficient (Wildman–Crippen LogP) is -0.772. The Hall–Kier alpha value is -3.95. The highest BCUT2D eigenvalue weighted by Crippen LogP contribution is 2.33. The molecule has 1 aliphatic rings. The van der Waals surface area contributed by atoms with E-state index in [1.807, 2.05) is 11.9 Å². The van der Waals surface area contributed by atoms with Crippen LogP contribution < -0.4 is 25.4 Å². The van der Waals surface area contributed by atoms with Crippen molar-refractivity contribution < 1.29 is 49.0 Å². The van der Waals surface area contributed by atoms with Crippen LogP contribution >= 0.6 is 0 Å². The molecule has 15 nitrogen and oxygen atoms in total. The molecular formula is C23H33N5O10. The number of aromatic nitrogens is 2. The first-order valence-electron chi connectivity index (χ1n) is 11.6. The number of benzene rings is 1. The van der Waals surface area contributed by atoms with Gasteiger partial charge in [0.2, 0.25) is 11.9 Å². The molecule has 1 fully saturated rings. The van der Waals surface area contributed by atoms with E-state index in [4.69, 9.17) is 40.4 Å². The monoisotopic (exact) mass is 539 g/mol. The van der Waals surface area contributed by atoms with Crippen molar-refractivity contribution in [1.29, 1.82) is 0 Å². The van der Waals surface area contributed by atoms with Crippen molar-refractivity contribution in [2.24, 2.45) is 0 Å². The fraction of sp³-hybridized carbons (Fsp3) is 0.522. The molecule has 38 heavy (non-hydrogen) atoms. The Morgan fingerprint density at radius 2 is 1.74 bits per heavy atom. The third-order valence-corrected chi connectivity index (χ3v) is 5.56. The van der Waals surface area contributed by atoms with Crippen molar-refractivity contribution in [3.05, 3.63) is 12.1 Å². The van der Waals surface area contributed by atoms with Gasteiger partial charge < -0.3 is 50.6 Å². The van der Waals surface area contributed by atoms with Crippen LogP contribution in [0.25, 0.3) is 10.9 Å². The molecule has 7 N–H and O–H groups in total. The summed E-state index contributed by atoms with van der Waals surface area (Å²) in [7, 11) is 5.04. The number of rotatable bonds is 11. The summed E-state index contributed by atoms with van der Waals surface area (Å²) in [5.74, 6) is -1.52. The van der Waals surface area contributed by atoms with Crippen LogP contribution in [-0.4, -0.2) is 108 Å². The van der Waals surface area contributed by atoms with Crippen LogP contribution in [0.15, 0.2) is 12.1 Å². The number of nitrogens with one attached hydrogen (secondary N) is 1. The van der Waals surface area contributed by atoms with Gasteiger partial charge in [-0.2, -0.15) is 4.98 Å². The number of amides is 1. The second kappa shape index (κ2) is 14.1. The average molecular weight is 540 g/mol. The van der Waals surface area contributed by atoms with E-state index in [1.165, 1.54) is 0 Å². The van der Waals surface area contributed by atoms with Crippen LogP contribution in [0.3, 0.4) is 0 Å². The number of carboxylic acid groups (broad SMARTS) is 2. The van der Waals surface area contributed by atoms with E-state index in [-0.39, 0.29) is 12.0 Å². The van der Waals surface area contributed by atoms with Crippen LogP contribution in [0.1, 0.15) is 19.3 Å². The molecule has 15 heteroatoms. The molecule has 3 rings (SSSR count). The number of carbonyl (C=O) groups excluding carboxylic acids is 1. The van der Waals surface area contributed by atoms with Gasteiger partial charge in [0.15, 0.2) is 23.7 Å². The number of nitrogens with two attached hydrogens (primary N) is 1. The van der Waals surface area contributed by atoms with Crippen molar-refractivity contribution in [3.63, 3.8) is 0 Å². The summed E-state index contributed by atoms with van der Waals surface area (Å²) >= 11 is 0. The zero-order valence-corrected chi connectivity index (χ0v) is 21.3. The average Bonchev–Trinajstić information content (AvgIpc) is 3.44. The molecule has 1 amide bonds. The first kappa shape index (κ1) is 30.3. The number of ether oxygens (including phenoxy) is 3. The Balaban J connectivity index is 0.000000432. The van der Waals surface area contributed by atoms with Gasteiger partial charge in [0.1, 0.15) is 11.9 Å². The molecule has 1 aromatic carbocycles. The van der Waals surface area contributed by atoms with Gasteiger partial charge in [-0.25, -0.2) is 14.6 Å². The third-order valence-electron chi connectivity index (χ3n) is 5.56. The van der Waals surface area contributed by atoms with Crippen molar-refractivity contribution in [2.75, 3.05) is 51.6 Å². The van der Waals surface area contributed by atoms with Crippen LogP contribution in [-0.2, 0) is 19.1 Å². The maximum absolute atomic E-state index is 12.0. The van der Waals surface area contributed by atoms with Gasteiger partial charge in [-0.15, -0.1) is 0 Å². The number of nitrogen functional groups attached to an aromatic ring is 1. The lowest BCUT2D eigenvalue weighted by Gasteiger charge is -2.19. The van der Waals surface area contributed by atoms with E-state index in [1.54, 1.807) is 26.4 Å². The SMILES string of the molecule is COc1cc2nc(N(C)CCCNC(=O)C3CCCO3)nc(N)c2cc1OC.O=C(O)C(O)C(O)C(=O)O. The second-order valence-corrected chi connectivity index (χ2v) is 8.27. The number of fused-ring (bicyclic) bond motifs is 1. The molecule has 1 saturated heterocycles. The summed E-state index contributed by atoms with van der Waals surface area (Å²) < 4.78 is 16.0. The van der Waals surface area contributed by atoms with Crippen LogP contribution in [0.2, 0.25) is 0 Å². The molecular weight excluding hydrogens is 506 g/mol. The lowest BCUT2D eigenvalue weighted by Crippen LogP contribution is -2.39. The van der Waals surface area contributed by atoms with Gasteiger partial charge in [-0.05, 0) is 25.3 Å². The van der Waals surface area contributed by atoms with E-state index < -0.39 is 24.1 Å². The molecule has 2 heterocycles. The molecule has 3 unspecified atom stereocenters. The minimum atomic E-state index is -2.27. The zero-order valence-electron chi connectivity index (χ0n) is 21.3. The molecule has 1 aliphatic heterocycles. The highest BCUT2D eigenvalue weighted by Gasteiger charge is 2.29. The van der Waals surface area contributed by atoms with Gasteiger partial charge in [0.05, 0.1) is 19.7 Å². The zero-order chi connectivity index (χ0) is 28.4. The topological polar surface area (TPSA) is 227 Å². The van der Waals surface area contributed by atoms with E-state index in [2.05, 4.69) is 15.3 Å². The van der Waals surface area contributed by atoms with Crippen LogP contribution in [0.4, 0.5) is 11.8 Å². The van der Waals surface area contributed by atoms with Crippen molar-refractivity contribution in [2.45, 2.75) is 37.6 Å². The number of carbonyl (C=O) groups is 3. The Morgan fingerprint density at radius 3 is 2.26 bits per heavy atom. The summed E-state index contributed by atoms with van der Waals surface area (Å²) in [6, 6.07) is 3.55. The molecule has 1 aromatic heterocycles. The summed E-state index contributed by atoms with van der Waals surface area (Å²) in [6.07, 6.45) is -2.34. The highest BCUT2D eigenvalue weighted by atomic mass is 16.5. The van der Waals surface area contributed by atoms with E-state index in [9.17, 15) is 14.4 Å². The van der Waals surface area contributed by atoms with Gasteiger partial charge in [0.25, 0.3) is 0 Å². The Kier molecular flexibility index (Phi) is 11.2. The lowest BCUT2D eigenvalue weighted by molar-refractivity contribution is -0.165. The number of nitrogens with zero attached hydrogens (tertiary/aromatic N) is 3. The molecule has 0 saturated carbocycles. The van der Waals surface area contributed by atoms with Crippen molar-refractivity contribution in [1.82, 2.24) is 15.3 Å². The molecule has 210 valence electrons. The summed E-state index contributed by atoms with van der Waals surface area (Å²) in [5, 5.41) is 36.1. The number of methoxy groups -OCH3 is 2. The molecule has 0 spiro atoms. The first-order chi connectivity index (χ1) is 18.0. The fourth-order valence-electron chi connectivity index (χ4n) is 3.43. The summed E-state index contributed by atoms with van der Waals surface area (Å²) in [5.41, 5.74) is 6.81. The predicted molar refractivity (Wildman–Crippen MR) is 134 cm³/mol. The number of hydrogen-bond acceptors (Lipinski definition) is 12. The quantitative estimate of drug-likeness (QED) is 0.193. The Labute approximate surface area is 218 Å². The van der Waals surface area contributed by atoms with Crippen molar-refractivity contribution in [3.8, 4) is 11.5 Å². The van der Waals surface area contributed by atoms with Gasteiger partial charge in [-0.1, -0.05) is 0 Å². The fourth-order valence-corrected chi connectivity index (χ4v) is 3.43. The first-order valence-corrected chi connectivity index (χ1v) is 11.6. The minimum Gasteiger partial charge on any atom is -0.493 e. The molecule has 2 aromatic rings. The number of aliphatic hydroxyl groups is 2. The molecule has 0 aliphatic carbocycles. The number of carboxylic acids is 2. The molecule has 0 bridgehead atoms.